The van der Waals surface area contributed by atoms with Gasteiger partial charge in [-0.2, -0.15) is 0 Å². The van der Waals surface area contributed by atoms with E-state index in [1.165, 1.54) is 13.0 Å². The van der Waals surface area contributed by atoms with Crippen LogP contribution >= 0.6 is 0 Å². The molecule has 0 saturated carbocycles. The summed E-state index contributed by atoms with van der Waals surface area (Å²) < 4.78 is 29.0. The summed E-state index contributed by atoms with van der Waals surface area (Å²) >= 11 is 0. The third kappa shape index (κ3) is 2.09. The van der Waals surface area contributed by atoms with E-state index in [0.717, 1.165) is 5.39 Å². The molecule has 0 N–H and O–H groups in total. The van der Waals surface area contributed by atoms with E-state index in [9.17, 15) is 13.2 Å². The fourth-order valence-corrected chi connectivity index (χ4v) is 3.08. The van der Waals surface area contributed by atoms with Crippen LogP contribution in [0.2, 0.25) is 0 Å². The number of benzene rings is 2. The maximum absolute atomic E-state index is 12.3. The lowest BCUT2D eigenvalue weighted by atomic mass is 10.1. The molecule has 0 saturated heterocycles. The fourth-order valence-electron chi connectivity index (χ4n) is 1.77. The van der Waals surface area contributed by atoms with Crippen molar-refractivity contribution in [2.24, 2.45) is 0 Å². The van der Waals surface area contributed by atoms with Gasteiger partial charge in [-0.1, -0.05) is 36.4 Å². The molecule has 4 nitrogen and oxygen atoms in total. The molecule has 0 bridgehead atoms. The van der Waals surface area contributed by atoms with Crippen LogP contribution in [0.15, 0.2) is 47.4 Å². The van der Waals surface area contributed by atoms with Crippen LogP contribution in [0, 0.1) is 0 Å². The molecule has 18 heavy (non-hydrogen) atoms. The van der Waals surface area contributed by atoms with Crippen molar-refractivity contribution in [2.75, 3.05) is 0 Å². The van der Waals surface area contributed by atoms with Crippen molar-refractivity contribution in [1.82, 2.24) is 0 Å². The van der Waals surface area contributed by atoms with Crippen LogP contribution in [-0.4, -0.2) is 20.3 Å². The largest absolute Gasteiger partial charge is 0.448 e. The van der Waals surface area contributed by atoms with Crippen LogP contribution in [0.3, 0.4) is 0 Å². The lowest BCUT2D eigenvalue weighted by Crippen LogP contribution is -2.21. The Labute approximate surface area is 105 Å². The summed E-state index contributed by atoms with van der Waals surface area (Å²) in [7, 11) is -3.68. The maximum Gasteiger partial charge on any atom is 0.294 e. The standard InChI is InChI=1S/C13H12O4S/c1-10(17-9-14)18(15,16)13-8-4-6-11-5-2-3-7-12(11)13/h2-10H,1H3. The van der Waals surface area contributed by atoms with Crippen molar-refractivity contribution < 1.29 is 17.9 Å². The lowest BCUT2D eigenvalue weighted by Gasteiger charge is -2.13. The Balaban J connectivity index is 2.64. The first-order chi connectivity index (χ1) is 8.57. The second-order valence-electron chi connectivity index (χ2n) is 3.82. The molecular weight excluding hydrogens is 252 g/mol. The Morgan fingerprint density at radius 3 is 2.50 bits per heavy atom. The van der Waals surface area contributed by atoms with Crippen molar-refractivity contribution in [3.8, 4) is 0 Å². The predicted octanol–water partition coefficient (Wildman–Crippen LogP) is 2.13. The molecule has 0 aromatic heterocycles. The second kappa shape index (κ2) is 4.78. The molecule has 0 spiro atoms. The third-order valence-electron chi connectivity index (χ3n) is 2.74. The molecule has 0 aliphatic carbocycles. The minimum atomic E-state index is -3.68. The number of ether oxygens (including phenoxy) is 1. The van der Waals surface area contributed by atoms with Gasteiger partial charge in [-0.25, -0.2) is 8.42 Å². The van der Waals surface area contributed by atoms with Crippen LogP contribution in [0.4, 0.5) is 0 Å². The topological polar surface area (TPSA) is 60.4 Å². The van der Waals surface area contributed by atoms with Gasteiger partial charge in [0.1, 0.15) is 0 Å². The summed E-state index contributed by atoms with van der Waals surface area (Å²) in [6, 6.07) is 12.2. The minimum absolute atomic E-state index is 0.146. The Bertz CT molecular complexity index is 671. The Kier molecular flexibility index (Phi) is 3.34. The number of hydrogen-bond acceptors (Lipinski definition) is 4. The van der Waals surface area contributed by atoms with Crippen LogP contribution in [0.5, 0.6) is 0 Å². The van der Waals surface area contributed by atoms with E-state index < -0.39 is 15.3 Å². The van der Waals surface area contributed by atoms with Crippen molar-refractivity contribution >= 4 is 27.1 Å². The zero-order valence-electron chi connectivity index (χ0n) is 9.74. The van der Waals surface area contributed by atoms with Gasteiger partial charge in [-0.15, -0.1) is 0 Å². The average molecular weight is 264 g/mol. The highest BCUT2D eigenvalue weighted by Gasteiger charge is 2.26. The second-order valence-corrected chi connectivity index (χ2v) is 6.02. The maximum atomic E-state index is 12.3. The van der Waals surface area contributed by atoms with E-state index in [1.807, 2.05) is 18.2 Å². The van der Waals surface area contributed by atoms with Gasteiger partial charge in [0.05, 0.1) is 4.90 Å². The number of sulfone groups is 1. The first-order valence-electron chi connectivity index (χ1n) is 5.38. The van der Waals surface area contributed by atoms with Gasteiger partial charge in [0.25, 0.3) is 6.47 Å². The SMILES string of the molecule is CC(OC=O)S(=O)(=O)c1cccc2ccccc12. The van der Waals surface area contributed by atoms with E-state index in [1.54, 1.807) is 18.2 Å². The normalized spacial score (nSPS) is 13.2. The smallest absolute Gasteiger partial charge is 0.294 e. The van der Waals surface area contributed by atoms with E-state index in [-0.39, 0.29) is 11.4 Å². The van der Waals surface area contributed by atoms with Crippen LogP contribution in [-0.2, 0) is 19.4 Å². The molecule has 1 atom stereocenters. The van der Waals surface area contributed by atoms with Gasteiger partial charge >= 0.3 is 0 Å². The molecule has 2 aromatic carbocycles. The number of fused-ring (bicyclic) bond motifs is 1. The fraction of sp³-hybridized carbons (Fsp3) is 0.154. The van der Waals surface area contributed by atoms with Crippen LogP contribution in [0.1, 0.15) is 6.92 Å². The molecule has 0 aliphatic heterocycles. The molecule has 2 aromatic rings. The highest BCUT2D eigenvalue weighted by Crippen LogP contribution is 2.25. The highest BCUT2D eigenvalue weighted by atomic mass is 32.2. The molecule has 1 unspecified atom stereocenters. The lowest BCUT2D eigenvalue weighted by molar-refractivity contribution is -0.129. The number of carbonyl (C=O) groups excluding carboxylic acids is 1. The van der Waals surface area contributed by atoms with Crippen molar-refractivity contribution in [1.29, 1.82) is 0 Å². The first-order valence-corrected chi connectivity index (χ1v) is 6.93. The minimum Gasteiger partial charge on any atom is -0.448 e. The average Bonchev–Trinajstić information content (AvgIpc) is 2.38. The third-order valence-corrected chi connectivity index (χ3v) is 4.69. The highest BCUT2D eigenvalue weighted by molar-refractivity contribution is 7.92. The van der Waals surface area contributed by atoms with E-state index in [4.69, 9.17) is 0 Å². The summed E-state index contributed by atoms with van der Waals surface area (Å²) in [5, 5.41) is 1.46. The molecule has 0 amide bonds. The Morgan fingerprint density at radius 2 is 1.78 bits per heavy atom. The summed E-state index contributed by atoms with van der Waals surface area (Å²) in [5.41, 5.74) is -1.19. The van der Waals surface area contributed by atoms with Gasteiger partial charge in [0, 0.05) is 5.39 Å². The van der Waals surface area contributed by atoms with Gasteiger partial charge in [0.2, 0.25) is 15.3 Å². The summed E-state index contributed by atoms with van der Waals surface area (Å²) in [6.07, 6.45) is 0. The van der Waals surface area contributed by atoms with Gasteiger partial charge in [-0.05, 0) is 18.4 Å². The quantitative estimate of drug-likeness (QED) is 0.794. The Hall–Kier alpha value is -1.88. The first kappa shape index (κ1) is 12.6. The van der Waals surface area contributed by atoms with Crippen molar-refractivity contribution in [3.63, 3.8) is 0 Å². The number of hydrogen-bond donors (Lipinski definition) is 0. The molecule has 2 rings (SSSR count). The molecule has 0 aliphatic rings. The van der Waals surface area contributed by atoms with Gasteiger partial charge in [-0.3, -0.25) is 4.79 Å². The zero-order valence-corrected chi connectivity index (χ0v) is 10.6. The molecule has 5 heteroatoms. The van der Waals surface area contributed by atoms with E-state index in [0.29, 0.717) is 5.39 Å². The van der Waals surface area contributed by atoms with Crippen molar-refractivity contribution in [2.45, 2.75) is 17.3 Å². The number of rotatable bonds is 4. The van der Waals surface area contributed by atoms with Crippen LogP contribution < -0.4 is 0 Å². The van der Waals surface area contributed by atoms with Gasteiger partial charge < -0.3 is 4.74 Å². The molecule has 0 heterocycles. The molecule has 94 valence electrons. The van der Waals surface area contributed by atoms with Crippen LogP contribution in [0.25, 0.3) is 10.8 Å². The van der Waals surface area contributed by atoms with Crippen molar-refractivity contribution in [3.05, 3.63) is 42.5 Å². The zero-order chi connectivity index (χ0) is 13.2. The molecule has 0 fully saturated rings. The summed E-state index contributed by atoms with van der Waals surface area (Å²) in [6.45, 7) is 1.48. The predicted molar refractivity (Wildman–Crippen MR) is 67.7 cm³/mol. The molecular formula is C13H12O4S. The summed E-state index contributed by atoms with van der Waals surface area (Å²) in [4.78, 5) is 10.4. The summed E-state index contributed by atoms with van der Waals surface area (Å²) in [5.74, 6) is 0. The van der Waals surface area contributed by atoms with E-state index >= 15 is 0 Å². The number of carbonyl (C=O) groups is 1. The van der Waals surface area contributed by atoms with Gasteiger partial charge in [0.15, 0.2) is 0 Å². The monoisotopic (exact) mass is 264 g/mol. The Morgan fingerprint density at radius 1 is 1.11 bits per heavy atom. The van der Waals surface area contributed by atoms with E-state index in [2.05, 4.69) is 4.74 Å². The molecule has 0 radical (unpaired) electrons.